The molecule has 6 nitrogen and oxygen atoms in total. The fraction of sp³-hybridized carbons (Fsp3) is 0.455. The number of methoxy groups -OCH3 is 2. The number of pyridine rings is 1. The van der Waals surface area contributed by atoms with Crippen LogP contribution in [0, 0.1) is 6.92 Å². The summed E-state index contributed by atoms with van der Waals surface area (Å²) in [5.74, 6) is 0.451. The van der Waals surface area contributed by atoms with Crippen molar-refractivity contribution in [1.29, 1.82) is 0 Å². The maximum atomic E-state index is 12.0. The standard InChI is InChI=1S/C11H16N2O4/c1-7-9(15-3)10(16-4)8(6-12-7)11(14)13(2)17-5/h6H,1-5H3. The van der Waals surface area contributed by atoms with E-state index in [2.05, 4.69) is 4.98 Å². The second-order valence-corrected chi connectivity index (χ2v) is 3.31. The normalized spacial score (nSPS) is 9.94. The second kappa shape index (κ2) is 5.49. The number of nitrogens with zero attached hydrogens (tertiary/aromatic N) is 2. The number of hydrogen-bond donors (Lipinski definition) is 0. The molecule has 0 aliphatic carbocycles. The first-order chi connectivity index (χ1) is 8.06. The SMILES string of the molecule is COc1c(C(=O)N(C)OC)cnc(C)c1OC. The molecule has 0 unspecified atom stereocenters. The van der Waals surface area contributed by atoms with Gasteiger partial charge in [-0.3, -0.25) is 14.6 Å². The lowest BCUT2D eigenvalue weighted by atomic mass is 10.2. The zero-order valence-corrected chi connectivity index (χ0v) is 10.6. The lowest BCUT2D eigenvalue weighted by molar-refractivity contribution is -0.0758. The summed E-state index contributed by atoms with van der Waals surface area (Å²) in [4.78, 5) is 20.9. The maximum absolute atomic E-state index is 12.0. The van der Waals surface area contributed by atoms with Gasteiger partial charge >= 0.3 is 0 Å². The van der Waals surface area contributed by atoms with Crippen molar-refractivity contribution in [2.24, 2.45) is 0 Å². The van der Waals surface area contributed by atoms with E-state index < -0.39 is 0 Å². The van der Waals surface area contributed by atoms with Crippen LogP contribution in [0.1, 0.15) is 16.1 Å². The highest BCUT2D eigenvalue weighted by molar-refractivity contribution is 5.96. The lowest BCUT2D eigenvalue weighted by Gasteiger charge is -2.17. The number of hydrogen-bond acceptors (Lipinski definition) is 5. The summed E-state index contributed by atoms with van der Waals surface area (Å²) in [7, 11) is 5.89. The molecule has 0 aromatic carbocycles. The topological polar surface area (TPSA) is 60.9 Å². The van der Waals surface area contributed by atoms with E-state index in [0.717, 1.165) is 5.06 Å². The molecule has 94 valence electrons. The van der Waals surface area contributed by atoms with Crippen LogP contribution in [0.2, 0.25) is 0 Å². The first kappa shape index (κ1) is 13.2. The monoisotopic (exact) mass is 240 g/mol. The number of aromatic nitrogens is 1. The molecule has 1 aromatic heterocycles. The largest absolute Gasteiger partial charge is 0.492 e. The van der Waals surface area contributed by atoms with Crippen LogP contribution in [-0.4, -0.2) is 44.3 Å². The Hall–Kier alpha value is -1.82. The molecule has 0 aliphatic heterocycles. The van der Waals surface area contributed by atoms with Gasteiger partial charge in [0.05, 0.1) is 27.0 Å². The fourth-order valence-corrected chi connectivity index (χ4v) is 1.41. The van der Waals surface area contributed by atoms with Crippen molar-refractivity contribution in [3.8, 4) is 11.5 Å². The minimum Gasteiger partial charge on any atom is -0.492 e. The third-order valence-electron chi connectivity index (χ3n) is 2.37. The van der Waals surface area contributed by atoms with Crippen molar-refractivity contribution in [2.45, 2.75) is 6.92 Å². The number of hydroxylamine groups is 2. The molecule has 0 atom stereocenters. The highest BCUT2D eigenvalue weighted by Gasteiger charge is 2.22. The molecule has 0 N–H and O–H groups in total. The highest BCUT2D eigenvalue weighted by Crippen LogP contribution is 2.33. The van der Waals surface area contributed by atoms with Gasteiger partial charge in [0, 0.05) is 13.2 Å². The first-order valence-corrected chi connectivity index (χ1v) is 4.96. The zero-order chi connectivity index (χ0) is 13.0. The zero-order valence-electron chi connectivity index (χ0n) is 10.6. The summed E-state index contributed by atoms with van der Waals surface area (Å²) >= 11 is 0. The van der Waals surface area contributed by atoms with Gasteiger partial charge in [-0.15, -0.1) is 0 Å². The molecule has 6 heteroatoms. The molecule has 1 amide bonds. The van der Waals surface area contributed by atoms with E-state index in [1.54, 1.807) is 6.92 Å². The Morgan fingerprint density at radius 1 is 1.24 bits per heavy atom. The minimum absolute atomic E-state index is 0.291. The Labute approximate surface area is 100 Å². The van der Waals surface area contributed by atoms with Gasteiger partial charge < -0.3 is 9.47 Å². The van der Waals surface area contributed by atoms with Crippen molar-refractivity contribution in [2.75, 3.05) is 28.4 Å². The summed E-state index contributed by atoms with van der Waals surface area (Å²) in [6.45, 7) is 1.77. The van der Waals surface area contributed by atoms with Gasteiger partial charge in [0.15, 0.2) is 11.5 Å². The molecule has 0 saturated heterocycles. The predicted molar refractivity (Wildman–Crippen MR) is 61.2 cm³/mol. The van der Waals surface area contributed by atoms with Gasteiger partial charge in [-0.2, -0.15) is 0 Å². The summed E-state index contributed by atoms with van der Waals surface area (Å²) < 4.78 is 10.4. The van der Waals surface area contributed by atoms with E-state index in [9.17, 15) is 4.79 Å². The van der Waals surface area contributed by atoms with E-state index in [4.69, 9.17) is 14.3 Å². The maximum Gasteiger partial charge on any atom is 0.282 e. The van der Waals surface area contributed by atoms with Crippen LogP contribution < -0.4 is 9.47 Å². The number of aryl methyl sites for hydroxylation is 1. The predicted octanol–water partition coefficient (Wildman–Crippen LogP) is 1.04. The molecule has 1 rings (SSSR count). The fourth-order valence-electron chi connectivity index (χ4n) is 1.41. The number of ether oxygens (including phenoxy) is 2. The molecule has 1 heterocycles. The molecule has 0 fully saturated rings. The quantitative estimate of drug-likeness (QED) is 0.736. The van der Waals surface area contributed by atoms with Crippen LogP contribution in [0.15, 0.2) is 6.20 Å². The lowest BCUT2D eigenvalue weighted by Crippen LogP contribution is -2.26. The second-order valence-electron chi connectivity index (χ2n) is 3.31. The van der Waals surface area contributed by atoms with Crippen LogP contribution in [0.3, 0.4) is 0 Å². The number of amides is 1. The molecule has 0 bridgehead atoms. The highest BCUT2D eigenvalue weighted by atomic mass is 16.7. The Kier molecular flexibility index (Phi) is 4.28. The molecule has 1 aromatic rings. The molecule has 17 heavy (non-hydrogen) atoms. The van der Waals surface area contributed by atoms with Gasteiger partial charge in [0.2, 0.25) is 0 Å². The average molecular weight is 240 g/mol. The Bertz CT molecular complexity index is 420. The van der Waals surface area contributed by atoms with E-state index in [0.29, 0.717) is 22.8 Å². The molecular weight excluding hydrogens is 224 g/mol. The van der Waals surface area contributed by atoms with E-state index in [1.807, 2.05) is 0 Å². The van der Waals surface area contributed by atoms with Gasteiger partial charge in [0.1, 0.15) is 5.56 Å². The van der Waals surface area contributed by atoms with Crippen molar-refractivity contribution in [3.05, 3.63) is 17.5 Å². The van der Waals surface area contributed by atoms with Crippen molar-refractivity contribution in [1.82, 2.24) is 10.0 Å². The van der Waals surface area contributed by atoms with Gasteiger partial charge in [-0.25, -0.2) is 5.06 Å². The average Bonchev–Trinajstić information content (AvgIpc) is 2.36. The van der Waals surface area contributed by atoms with Crippen molar-refractivity contribution in [3.63, 3.8) is 0 Å². The third-order valence-corrected chi connectivity index (χ3v) is 2.37. The summed E-state index contributed by atoms with van der Waals surface area (Å²) in [5, 5.41) is 1.09. The molecule has 0 saturated carbocycles. The molecule has 0 aliphatic rings. The van der Waals surface area contributed by atoms with Crippen LogP contribution in [0.5, 0.6) is 11.5 Å². The molecular formula is C11H16N2O4. The number of rotatable bonds is 4. The Morgan fingerprint density at radius 3 is 2.29 bits per heavy atom. The summed E-state index contributed by atoms with van der Waals surface area (Å²) in [5.41, 5.74) is 0.945. The smallest absolute Gasteiger partial charge is 0.282 e. The summed E-state index contributed by atoms with van der Waals surface area (Å²) in [6.07, 6.45) is 1.44. The van der Waals surface area contributed by atoms with E-state index in [1.165, 1.54) is 34.6 Å². The number of carbonyl (C=O) groups is 1. The molecule has 0 spiro atoms. The van der Waals surface area contributed by atoms with Crippen LogP contribution in [-0.2, 0) is 4.84 Å². The molecule has 0 radical (unpaired) electrons. The van der Waals surface area contributed by atoms with Crippen LogP contribution in [0.4, 0.5) is 0 Å². The van der Waals surface area contributed by atoms with Crippen LogP contribution >= 0.6 is 0 Å². The Morgan fingerprint density at radius 2 is 1.82 bits per heavy atom. The van der Waals surface area contributed by atoms with Crippen LogP contribution in [0.25, 0.3) is 0 Å². The van der Waals surface area contributed by atoms with E-state index in [-0.39, 0.29) is 5.91 Å². The Balaban J connectivity index is 3.29. The van der Waals surface area contributed by atoms with Crippen molar-refractivity contribution < 1.29 is 19.1 Å². The summed E-state index contributed by atoms with van der Waals surface area (Å²) in [6, 6.07) is 0. The minimum atomic E-state index is -0.352. The number of carbonyl (C=O) groups excluding carboxylic acids is 1. The van der Waals surface area contributed by atoms with Gasteiger partial charge in [0.25, 0.3) is 5.91 Å². The third kappa shape index (κ3) is 2.47. The van der Waals surface area contributed by atoms with E-state index >= 15 is 0 Å². The van der Waals surface area contributed by atoms with Crippen molar-refractivity contribution >= 4 is 5.91 Å². The first-order valence-electron chi connectivity index (χ1n) is 4.96. The van der Waals surface area contributed by atoms with Gasteiger partial charge in [-0.1, -0.05) is 0 Å². The van der Waals surface area contributed by atoms with Gasteiger partial charge in [-0.05, 0) is 6.92 Å².